The van der Waals surface area contributed by atoms with Gasteiger partial charge in [-0.15, -0.1) is 11.6 Å². The van der Waals surface area contributed by atoms with Gasteiger partial charge in [0.1, 0.15) is 10.5 Å². The molecule has 1 aromatic carbocycles. The standard InChI is InChI=1S/C12H15ClO3S/c1-9(14)8-11(16-2)12(13)17(15)10-6-4-3-5-7-10/h3-7,11-12H,8H2,1-2H3. The van der Waals surface area contributed by atoms with Crippen LogP contribution in [0, 0.1) is 0 Å². The van der Waals surface area contributed by atoms with Crippen molar-refractivity contribution in [3.05, 3.63) is 30.3 Å². The summed E-state index contributed by atoms with van der Waals surface area (Å²) in [6.45, 7) is 1.46. The molecule has 0 fully saturated rings. The van der Waals surface area contributed by atoms with Crippen LogP contribution in [0.3, 0.4) is 0 Å². The van der Waals surface area contributed by atoms with Crippen molar-refractivity contribution in [1.29, 1.82) is 0 Å². The third-order valence-corrected chi connectivity index (χ3v) is 4.48. The van der Waals surface area contributed by atoms with Crippen molar-refractivity contribution in [1.82, 2.24) is 0 Å². The number of ether oxygens (including phenoxy) is 1. The molecule has 0 aliphatic carbocycles. The molecule has 3 unspecified atom stereocenters. The summed E-state index contributed by atoms with van der Waals surface area (Å²) in [5.41, 5.74) is 0. The number of rotatable bonds is 6. The van der Waals surface area contributed by atoms with Crippen molar-refractivity contribution >= 4 is 28.2 Å². The first-order chi connectivity index (χ1) is 8.06. The molecule has 94 valence electrons. The van der Waals surface area contributed by atoms with Crippen LogP contribution in [0.1, 0.15) is 13.3 Å². The number of ketones is 1. The number of hydrogen-bond donors (Lipinski definition) is 0. The highest BCUT2D eigenvalue weighted by molar-refractivity contribution is 7.87. The Morgan fingerprint density at radius 2 is 2.00 bits per heavy atom. The van der Waals surface area contributed by atoms with Gasteiger partial charge in [0, 0.05) is 18.4 Å². The first kappa shape index (κ1) is 14.4. The number of benzene rings is 1. The Morgan fingerprint density at radius 3 is 2.47 bits per heavy atom. The van der Waals surface area contributed by atoms with Gasteiger partial charge in [0.25, 0.3) is 0 Å². The minimum atomic E-state index is -1.39. The second kappa shape index (κ2) is 6.89. The maximum atomic E-state index is 12.1. The van der Waals surface area contributed by atoms with Crippen LogP contribution in [0.5, 0.6) is 0 Å². The highest BCUT2D eigenvalue weighted by atomic mass is 35.5. The van der Waals surface area contributed by atoms with Crippen LogP contribution in [-0.2, 0) is 20.3 Å². The fourth-order valence-electron chi connectivity index (χ4n) is 1.39. The summed E-state index contributed by atoms with van der Waals surface area (Å²) in [6.07, 6.45) is -0.362. The highest BCUT2D eigenvalue weighted by Crippen LogP contribution is 2.20. The molecule has 0 aliphatic heterocycles. The van der Waals surface area contributed by atoms with E-state index in [2.05, 4.69) is 0 Å². The molecule has 0 heterocycles. The van der Waals surface area contributed by atoms with Gasteiger partial charge in [-0.25, -0.2) is 0 Å². The van der Waals surface area contributed by atoms with Crippen LogP contribution in [-0.4, -0.2) is 27.9 Å². The lowest BCUT2D eigenvalue weighted by Crippen LogP contribution is -2.29. The van der Waals surface area contributed by atoms with Crippen molar-refractivity contribution in [3.8, 4) is 0 Å². The third-order valence-electron chi connectivity index (χ3n) is 2.26. The minimum Gasteiger partial charge on any atom is -0.378 e. The molecule has 0 aromatic heterocycles. The maximum Gasteiger partial charge on any atom is 0.140 e. The number of Topliss-reactive ketones (excluding diaryl/α,β-unsaturated/α-hetero) is 1. The average Bonchev–Trinajstić information content (AvgIpc) is 2.35. The van der Waals surface area contributed by atoms with Crippen LogP contribution >= 0.6 is 11.6 Å². The topological polar surface area (TPSA) is 43.4 Å². The van der Waals surface area contributed by atoms with Gasteiger partial charge < -0.3 is 4.74 Å². The molecule has 0 radical (unpaired) electrons. The van der Waals surface area contributed by atoms with Gasteiger partial charge >= 0.3 is 0 Å². The molecule has 0 bridgehead atoms. The first-order valence-corrected chi connectivity index (χ1v) is 6.83. The van der Waals surface area contributed by atoms with Crippen LogP contribution < -0.4 is 0 Å². The minimum absolute atomic E-state index is 0.0347. The molecular formula is C12H15ClO3S. The molecule has 0 N–H and O–H groups in total. The zero-order chi connectivity index (χ0) is 12.8. The quantitative estimate of drug-likeness (QED) is 0.748. The average molecular weight is 275 g/mol. The zero-order valence-corrected chi connectivity index (χ0v) is 11.3. The van der Waals surface area contributed by atoms with E-state index in [-0.39, 0.29) is 12.2 Å². The van der Waals surface area contributed by atoms with Gasteiger partial charge in [-0.3, -0.25) is 9.00 Å². The third kappa shape index (κ3) is 4.22. The Morgan fingerprint density at radius 1 is 1.41 bits per heavy atom. The van der Waals surface area contributed by atoms with Crippen molar-refractivity contribution in [3.63, 3.8) is 0 Å². The SMILES string of the molecule is COC(CC(C)=O)C(Cl)S(=O)c1ccccc1. The largest absolute Gasteiger partial charge is 0.378 e. The normalized spacial score (nSPS) is 16.2. The van der Waals surface area contributed by atoms with Gasteiger partial charge in [-0.05, 0) is 19.1 Å². The molecule has 3 nitrogen and oxygen atoms in total. The summed E-state index contributed by atoms with van der Waals surface area (Å²) < 4.78 is 16.5. The van der Waals surface area contributed by atoms with E-state index in [1.807, 2.05) is 6.07 Å². The van der Waals surface area contributed by atoms with E-state index in [0.29, 0.717) is 4.90 Å². The summed E-state index contributed by atoms with van der Waals surface area (Å²) in [5.74, 6) is -0.0347. The zero-order valence-electron chi connectivity index (χ0n) is 9.76. The van der Waals surface area contributed by atoms with Crippen molar-refractivity contribution in [2.24, 2.45) is 0 Å². The molecule has 3 atom stereocenters. The number of alkyl halides is 1. The Labute approximate surface area is 109 Å². The van der Waals surface area contributed by atoms with Crippen molar-refractivity contribution in [2.45, 2.75) is 29.1 Å². The second-order valence-corrected chi connectivity index (χ2v) is 5.94. The Hall–Kier alpha value is -0.710. The summed E-state index contributed by atoms with van der Waals surface area (Å²) in [6, 6.07) is 8.92. The van der Waals surface area contributed by atoms with Gasteiger partial charge in [0.15, 0.2) is 0 Å². The molecule has 1 rings (SSSR count). The smallest absolute Gasteiger partial charge is 0.140 e. The van der Waals surface area contributed by atoms with Gasteiger partial charge in [0.05, 0.1) is 16.9 Å². The van der Waals surface area contributed by atoms with E-state index in [1.165, 1.54) is 14.0 Å². The molecule has 0 saturated carbocycles. The lowest BCUT2D eigenvalue weighted by atomic mass is 10.2. The Balaban J connectivity index is 2.77. The van der Waals surface area contributed by atoms with Gasteiger partial charge in [-0.1, -0.05) is 18.2 Å². The van der Waals surface area contributed by atoms with Crippen LogP contribution in [0.4, 0.5) is 0 Å². The predicted molar refractivity (Wildman–Crippen MR) is 68.6 cm³/mol. The molecule has 0 amide bonds. The number of carbonyl (C=O) groups is 1. The Kier molecular flexibility index (Phi) is 5.82. The molecule has 0 spiro atoms. The maximum absolute atomic E-state index is 12.1. The summed E-state index contributed by atoms with van der Waals surface area (Å²) in [5, 5.41) is 0. The monoisotopic (exact) mass is 274 g/mol. The van der Waals surface area contributed by atoms with Gasteiger partial charge in [-0.2, -0.15) is 0 Å². The second-order valence-electron chi connectivity index (χ2n) is 3.64. The van der Waals surface area contributed by atoms with E-state index >= 15 is 0 Å². The number of halogens is 1. The molecule has 1 aromatic rings. The number of methoxy groups -OCH3 is 1. The van der Waals surface area contributed by atoms with Crippen molar-refractivity contribution < 1.29 is 13.7 Å². The fraction of sp³-hybridized carbons (Fsp3) is 0.417. The lowest BCUT2D eigenvalue weighted by Gasteiger charge is -2.19. The van der Waals surface area contributed by atoms with E-state index in [9.17, 15) is 9.00 Å². The molecular weight excluding hydrogens is 260 g/mol. The van der Waals surface area contributed by atoms with E-state index in [1.54, 1.807) is 24.3 Å². The molecule has 5 heteroatoms. The van der Waals surface area contributed by atoms with Crippen molar-refractivity contribution in [2.75, 3.05) is 7.11 Å². The van der Waals surface area contributed by atoms with E-state index in [4.69, 9.17) is 16.3 Å². The summed E-state index contributed by atoms with van der Waals surface area (Å²) >= 11 is 6.10. The fourth-order valence-corrected chi connectivity index (χ4v) is 3.06. The molecule has 0 saturated heterocycles. The van der Waals surface area contributed by atoms with E-state index in [0.717, 1.165) is 0 Å². The Bertz CT molecular complexity index is 394. The highest BCUT2D eigenvalue weighted by Gasteiger charge is 2.26. The molecule has 17 heavy (non-hydrogen) atoms. The number of carbonyl (C=O) groups excluding carboxylic acids is 1. The first-order valence-electron chi connectivity index (χ1n) is 5.18. The molecule has 0 aliphatic rings. The van der Waals surface area contributed by atoms with Crippen LogP contribution in [0.25, 0.3) is 0 Å². The van der Waals surface area contributed by atoms with Crippen LogP contribution in [0.2, 0.25) is 0 Å². The summed E-state index contributed by atoms with van der Waals surface area (Å²) in [4.78, 5) is 11.7. The number of hydrogen-bond acceptors (Lipinski definition) is 3. The summed E-state index contributed by atoms with van der Waals surface area (Å²) in [7, 11) is 0.0771. The van der Waals surface area contributed by atoms with Crippen LogP contribution in [0.15, 0.2) is 35.2 Å². The van der Waals surface area contributed by atoms with Gasteiger partial charge in [0.2, 0.25) is 0 Å². The van der Waals surface area contributed by atoms with E-state index < -0.39 is 21.6 Å². The lowest BCUT2D eigenvalue weighted by molar-refractivity contribution is -0.119. The predicted octanol–water partition coefficient (Wildman–Crippen LogP) is 2.35.